The van der Waals surface area contributed by atoms with Crippen LogP contribution < -0.4 is 4.74 Å². The molecule has 0 amide bonds. The summed E-state index contributed by atoms with van der Waals surface area (Å²) in [6.07, 6.45) is 0.255. The van der Waals surface area contributed by atoms with Gasteiger partial charge >= 0.3 is 0 Å². The molecule has 0 saturated heterocycles. The molecule has 0 aliphatic heterocycles. The smallest absolute Gasteiger partial charge is 0.222 e. The first-order valence-corrected chi connectivity index (χ1v) is 6.87. The highest BCUT2D eigenvalue weighted by Crippen LogP contribution is 2.35. The van der Waals surface area contributed by atoms with E-state index in [9.17, 15) is 4.79 Å². The Hall–Kier alpha value is -1.80. The van der Waals surface area contributed by atoms with Crippen molar-refractivity contribution >= 4 is 16.8 Å². The number of rotatable bonds is 5. The molecule has 2 rings (SSSR count). The fraction of sp³-hybridized carbons (Fsp3) is 0.235. The van der Waals surface area contributed by atoms with Crippen molar-refractivity contribution in [2.24, 2.45) is 0 Å². The molecule has 0 bridgehead atoms. The molecular weight excluding hydrogens is 272 g/mol. The lowest BCUT2D eigenvalue weighted by Crippen LogP contribution is -2.07. The zero-order valence-corrected chi connectivity index (χ0v) is 12.4. The highest BCUT2D eigenvalue weighted by atomic mass is 35.5. The van der Waals surface area contributed by atoms with Crippen molar-refractivity contribution in [1.29, 1.82) is 0 Å². The van der Waals surface area contributed by atoms with Crippen LogP contribution in [0.5, 0.6) is 5.75 Å². The van der Waals surface area contributed by atoms with E-state index in [1.165, 1.54) is 0 Å². The number of methoxy groups -OCH3 is 1. The summed E-state index contributed by atoms with van der Waals surface area (Å²) in [5, 5.41) is -0.345. The first-order chi connectivity index (χ1) is 9.61. The molecule has 0 aromatic heterocycles. The highest BCUT2D eigenvalue weighted by Gasteiger charge is 2.20. The van der Waals surface area contributed by atoms with Crippen molar-refractivity contribution in [2.75, 3.05) is 7.11 Å². The Balaban J connectivity index is 2.51. The van der Waals surface area contributed by atoms with Gasteiger partial charge in [0.25, 0.3) is 0 Å². The summed E-state index contributed by atoms with van der Waals surface area (Å²) in [6, 6.07) is 15.9. The number of aryl methyl sites for hydroxylation is 1. The van der Waals surface area contributed by atoms with Crippen molar-refractivity contribution in [3.63, 3.8) is 0 Å². The van der Waals surface area contributed by atoms with Crippen LogP contribution in [0.2, 0.25) is 0 Å². The molecule has 0 radical (unpaired) electrons. The van der Waals surface area contributed by atoms with Gasteiger partial charge in [-0.15, -0.1) is 0 Å². The molecule has 0 fully saturated rings. The summed E-state index contributed by atoms with van der Waals surface area (Å²) >= 11 is 5.63. The van der Waals surface area contributed by atoms with Crippen LogP contribution in [-0.2, 0) is 4.79 Å². The number of halogens is 1. The van der Waals surface area contributed by atoms with E-state index in [4.69, 9.17) is 16.3 Å². The molecule has 0 heterocycles. The SMILES string of the molecule is COc1ccc(C)cc1C(CC(=O)Cl)c1ccccc1. The predicted octanol–water partition coefficient (Wildman–Crippen LogP) is 4.29. The first-order valence-electron chi connectivity index (χ1n) is 6.49. The maximum absolute atomic E-state index is 11.4. The lowest BCUT2D eigenvalue weighted by molar-refractivity contribution is -0.111. The minimum atomic E-state index is -0.345. The monoisotopic (exact) mass is 288 g/mol. The second-order valence-corrected chi connectivity index (χ2v) is 5.19. The molecule has 0 aliphatic rings. The van der Waals surface area contributed by atoms with Gasteiger partial charge in [0.2, 0.25) is 5.24 Å². The van der Waals surface area contributed by atoms with E-state index < -0.39 is 0 Å². The van der Waals surface area contributed by atoms with Crippen molar-refractivity contribution in [3.8, 4) is 5.75 Å². The van der Waals surface area contributed by atoms with Gasteiger partial charge in [0.1, 0.15) is 5.75 Å². The Morgan fingerprint density at radius 2 is 1.90 bits per heavy atom. The summed E-state index contributed by atoms with van der Waals surface area (Å²) < 4.78 is 5.43. The molecule has 0 N–H and O–H groups in total. The Kier molecular flexibility index (Phi) is 4.80. The van der Waals surface area contributed by atoms with Crippen LogP contribution in [0.3, 0.4) is 0 Å². The summed E-state index contributed by atoms with van der Waals surface area (Å²) in [5.41, 5.74) is 3.18. The van der Waals surface area contributed by atoms with Gasteiger partial charge in [0.05, 0.1) is 7.11 Å². The molecule has 20 heavy (non-hydrogen) atoms. The zero-order valence-electron chi connectivity index (χ0n) is 11.6. The second-order valence-electron chi connectivity index (χ2n) is 4.77. The molecule has 2 aromatic rings. The Morgan fingerprint density at radius 3 is 2.50 bits per heavy atom. The third-order valence-corrected chi connectivity index (χ3v) is 3.48. The Labute approximate surface area is 124 Å². The topological polar surface area (TPSA) is 26.3 Å². The normalized spacial score (nSPS) is 11.9. The average molecular weight is 289 g/mol. The molecule has 0 saturated carbocycles. The highest BCUT2D eigenvalue weighted by molar-refractivity contribution is 6.63. The molecular formula is C17H17ClO2. The van der Waals surface area contributed by atoms with Gasteiger partial charge in [-0.25, -0.2) is 0 Å². The number of ether oxygens (including phenoxy) is 1. The van der Waals surface area contributed by atoms with Crippen LogP contribution >= 0.6 is 11.6 Å². The van der Waals surface area contributed by atoms with E-state index >= 15 is 0 Å². The van der Waals surface area contributed by atoms with Gasteiger partial charge in [-0.1, -0.05) is 48.0 Å². The summed E-state index contributed by atoms with van der Waals surface area (Å²) in [7, 11) is 1.64. The summed E-state index contributed by atoms with van der Waals surface area (Å²) in [6.45, 7) is 2.02. The van der Waals surface area contributed by atoms with Crippen LogP contribution in [0.25, 0.3) is 0 Å². The zero-order chi connectivity index (χ0) is 14.5. The van der Waals surface area contributed by atoms with Crippen LogP contribution in [0, 0.1) is 6.92 Å². The summed E-state index contributed by atoms with van der Waals surface area (Å²) in [4.78, 5) is 11.4. The lowest BCUT2D eigenvalue weighted by Gasteiger charge is -2.19. The average Bonchev–Trinajstić information content (AvgIpc) is 2.45. The van der Waals surface area contributed by atoms with E-state index in [1.54, 1.807) is 7.11 Å². The van der Waals surface area contributed by atoms with Crippen LogP contribution in [0.1, 0.15) is 29.0 Å². The second kappa shape index (κ2) is 6.58. The predicted molar refractivity (Wildman–Crippen MR) is 81.5 cm³/mol. The first kappa shape index (κ1) is 14.6. The lowest BCUT2D eigenvalue weighted by atomic mass is 9.87. The maximum atomic E-state index is 11.4. The minimum Gasteiger partial charge on any atom is -0.496 e. The van der Waals surface area contributed by atoms with Crippen LogP contribution in [0.4, 0.5) is 0 Å². The van der Waals surface area contributed by atoms with Gasteiger partial charge in [-0.2, -0.15) is 0 Å². The Morgan fingerprint density at radius 1 is 1.20 bits per heavy atom. The number of carbonyl (C=O) groups is 1. The van der Waals surface area contributed by atoms with E-state index in [-0.39, 0.29) is 17.6 Å². The van der Waals surface area contributed by atoms with Crippen molar-refractivity contribution in [1.82, 2.24) is 0 Å². The van der Waals surface area contributed by atoms with E-state index in [2.05, 4.69) is 6.07 Å². The standard InChI is InChI=1S/C17H17ClO2/c1-12-8-9-16(20-2)15(10-12)14(11-17(18)19)13-6-4-3-5-7-13/h3-10,14H,11H2,1-2H3. The van der Waals surface area contributed by atoms with Gasteiger partial charge in [0.15, 0.2) is 0 Å². The van der Waals surface area contributed by atoms with Crippen molar-refractivity contribution < 1.29 is 9.53 Å². The fourth-order valence-electron chi connectivity index (χ4n) is 2.38. The molecule has 0 spiro atoms. The number of benzene rings is 2. The van der Waals surface area contributed by atoms with Crippen LogP contribution in [0.15, 0.2) is 48.5 Å². The van der Waals surface area contributed by atoms with Gasteiger partial charge in [-0.3, -0.25) is 4.79 Å². The quantitative estimate of drug-likeness (QED) is 0.767. The summed E-state index contributed by atoms with van der Waals surface area (Å²) in [5.74, 6) is 0.693. The van der Waals surface area contributed by atoms with Crippen molar-refractivity contribution in [2.45, 2.75) is 19.3 Å². The van der Waals surface area contributed by atoms with Crippen LogP contribution in [-0.4, -0.2) is 12.4 Å². The molecule has 2 aromatic carbocycles. The molecule has 0 aliphatic carbocycles. The Bertz CT molecular complexity index is 593. The number of carbonyl (C=O) groups excluding carboxylic acids is 1. The van der Waals surface area contributed by atoms with Crippen molar-refractivity contribution in [3.05, 3.63) is 65.2 Å². The maximum Gasteiger partial charge on any atom is 0.222 e. The molecule has 2 nitrogen and oxygen atoms in total. The van der Waals surface area contributed by atoms with E-state index in [0.29, 0.717) is 0 Å². The van der Waals surface area contributed by atoms with Gasteiger partial charge < -0.3 is 4.74 Å². The van der Waals surface area contributed by atoms with E-state index in [0.717, 1.165) is 22.4 Å². The molecule has 104 valence electrons. The van der Waals surface area contributed by atoms with Gasteiger partial charge in [-0.05, 0) is 30.2 Å². The third-order valence-electron chi connectivity index (χ3n) is 3.33. The molecule has 1 atom stereocenters. The van der Waals surface area contributed by atoms with E-state index in [1.807, 2.05) is 49.4 Å². The largest absolute Gasteiger partial charge is 0.496 e. The third kappa shape index (κ3) is 3.40. The van der Waals surface area contributed by atoms with Gasteiger partial charge in [0, 0.05) is 17.9 Å². The minimum absolute atomic E-state index is 0.0870. The molecule has 3 heteroatoms. The number of hydrogen-bond acceptors (Lipinski definition) is 2. The fourth-order valence-corrected chi connectivity index (χ4v) is 2.53. The molecule has 1 unspecified atom stereocenters. The number of hydrogen-bond donors (Lipinski definition) is 0.